The first-order valence-corrected chi connectivity index (χ1v) is 14.8. The smallest absolute Gasteiger partial charge is 0.280 e. The first kappa shape index (κ1) is 27.6. The fraction of sp³-hybridized carbons (Fsp3) is 0.560. The summed E-state index contributed by atoms with van der Waals surface area (Å²) < 4.78 is 30.4. The van der Waals surface area contributed by atoms with Crippen LogP contribution in [0, 0.1) is 0 Å². The molecule has 2 aliphatic rings. The minimum absolute atomic E-state index is 0.0554. The molecule has 4 rings (SSSR count). The fourth-order valence-corrected chi connectivity index (χ4v) is 6.46. The van der Waals surface area contributed by atoms with Gasteiger partial charge >= 0.3 is 0 Å². The number of carbonyl (C=O) groups excluding carboxylic acids is 1. The number of oxime groups is 1. The van der Waals surface area contributed by atoms with Crippen molar-refractivity contribution in [2.45, 2.75) is 48.5 Å². The number of benzene rings is 1. The molecule has 1 aliphatic carbocycles. The van der Waals surface area contributed by atoms with Gasteiger partial charge in [0.2, 0.25) is 0 Å². The van der Waals surface area contributed by atoms with E-state index in [1.807, 2.05) is 0 Å². The molecule has 12 heteroatoms. The third kappa shape index (κ3) is 7.81. The highest BCUT2D eigenvalue weighted by Crippen LogP contribution is 2.33. The van der Waals surface area contributed by atoms with E-state index in [0.717, 1.165) is 30.9 Å². The Kier molecular flexibility index (Phi) is 9.30. The molecule has 1 aliphatic heterocycles. The van der Waals surface area contributed by atoms with Crippen molar-refractivity contribution in [2.24, 2.45) is 5.16 Å². The number of aromatic nitrogens is 1. The van der Waals surface area contributed by atoms with Crippen molar-refractivity contribution < 1.29 is 22.8 Å². The largest absolute Gasteiger partial charge is 0.389 e. The molecular formula is C25H35N5O5S2. The highest BCUT2D eigenvalue weighted by molar-refractivity contribution is 7.92. The van der Waals surface area contributed by atoms with Crippen molar-refractivity contribution in [1.82, 2.24) is 14.8 Å². The van der Waals surface area contributed by atoms with Crippen LogP contribution in [0.3, 0.4) is 0 Å². The summed E-state index contributed by atoms with van der Waals surface area (Å²) in [6.45, 7) is 3.72. The molecule has 0 spiro atoms. The molecule has 0 bridgehead atoms. The molecule has 1 aromatic carbocycles. The predicted octanol–water partition coefficient (Wildman–Crippen LogP) is 2.61. The summed E-state index contributed by atoms with van der Waals surface area (Å²) >= 11 is 1.41. The summed E-state index contributed by atoms with van der Waals surface area (Å²) in [5, 5.41) is 7.14. The number of ether oxygens (including phenoxy) is 1. The summed E-state index contributed by atoms with van der Waals surface area (Å²) in [6.07, 6.45) is 4.68. The zero-order valence-electron chi connectivity index (χ0n) is 21.6. The van der Waals surface area contributed by atoms with Crippen LogP contribution in [0.2, 0.25) is 0 Å². The number of nitrogens with one attached hydrogen (secondary N) is 1. The van der Waals surface area contributed by atoms with Crippen molar-refractivity contribution >= 4 is 37.9 Å². The second kappa shape index (κ2) is 12.4. The van der Waals surface area contributed by atoms with Gasteiger partial charge in [-0.15, -0.1) is 11.3 Å². The quantitative estimate of drug-likeness (QED) is 0.300. The lowest BCUT2D eigenvalue weighted by molar-refractivity contribution is -0.110. The molecule has 1 atom stereocenters. The molecule has 1 aromatic heterocycles. The van der Waals surface area contributed by atoms with Crippen molar-refractivity contribution in [3.63, 3.8) is 0 Å². The summed E-state index contributed by atoms with van der Waals surface area (Å²) in [4.78, 5) is 28.9. The van der Waals surface area contributed by atoms with Crippen LogP contribution in [0.25, 0.3) is 0 Å². The number of amides is 1. The van der Waals surface area contributed by atoms with E-state index in [0.29, 0.717) is 43.2 Å². The van der Waals surface area contributed by atoms with Crippen LogP contribution in [0.5, 0.6) is 0 Å². The fourth-order valence-electron chi connectivity index (χ4n) is 3.92. The molecule has 1 saturated heterocycles. The summed E-state index contributed by atoms with van der Waals surface area (Å²) in [7, 11) is 2.87. The van der Waals surface area contributed by atoms with Crippen molar-refractivity contribution in [3.8, 4) is 0 Å². The zero-order valence-corrected chi connectivity index (χ0v) is 23.2. The second-order valence-electron chi connectivity index (χ2n) is 9.78. The first-order valence-electron chi connectivity index (χ1n) is 12.5. The SMILES string of the molecule is CN(C)CCCN(C)Cc1cnc(NC(=O)/C(=N/O[C@@H]2CCOC2)c2ccc(S(=O)(=O)C3CC3)cc2)s1. The third-order valence-corrected chi connectivity index (χ3v) is 9.34. The molecule has 1 saturated carbocycles. The number of thiazole rings is 1. The Morgan fingerprint density at radius 2 is 1.95 bits per heavy atom. The van der Waals surface area contributed by atoms with Gasteiger partial charge in [0.25, 0.3) is 5.91 Å². The van der Waals surface area contributed by atoms with Gasteiger partial charge < -0.3 is 19.4 Å². The monoisotopic (exact) mass is 549 g/mol. The van der Waals surface area contributed by atoms with Crippen LogP contribution < -0.4 is 5.32 Å². The lowest BCUT2D eigenvalue weighted by Crippen LogP contribution is -2.25. The topological polar surface area (TPSA) is 113 Å². The van der Waals surface area contributed by atoms with E-state index in [2.05, 4.69) is 46.4 Å². The van der Waals surface area contributed by atoms with Crippen LogP contribution in [-0.4, -0.2) is 93.6 Å². The second-order valence-corrected chi connectivity index (χ2v) is 13.1. The first-order chi connectivity index (χ1) is 17.7. The Morgan fingerprint density at radius 3 is 2.59 bits per heavy atom. The number of anilines is 1. The lowest BCUT2D eigenvalue weighted by atomic mass is 10.1. The highest BCUT2D eigenvalue weighted by Gasteiger charge is 2.36. The summed E-state index contributed by atoms with van der Waals surface area (Å²) in [6, 6.07) is 6.24. The predicted molar refractivity (Wildman–Crippen MR) is 144 cm³/mol. The molecule has 2 heterocycles. The van der Waals surface area contributed by atoms with Gasteiger partial charge in [0.05, 0.1) is 23.4 Å². The maximum Gasteiger partial charge on any atom is 0.280 e. The van der Waals surface area contributed by atoms with Gasteiger partial charge in [0.15, 0.2) is 26.8 Å². The molecule has 2 fully saturated rings. The number of hydrogen-bond donors (Lipinski definition) is 1. The highest BCUT2D eigenvalue weighted by atomic mass is 32.2. The standard InChI is InChI=1S/C25H35N5O5S2/c1-29(2)12-4-13-30(3)16-20-15-26-25(36-20)27-24(31)23(28-35-19-11-14-34-17-19)18-5-7-21(8-6-18)37(32,33)22-9-10-22/h5-8,15,19,22H,4,9-14,16-17H2,1-3H3,(H,26,27,31)/b28-23+/t19-/m1/s1. The van der Waals surface area contributed by atoms with Crippen molar-refractivity contribution in [2.75, 3.05) is 52.8 Å². The van der Waals surface area contributed by atoms with Crippen LogP contribution in [0.1, 0.15) is 36.1 Å². The van der Waals surface area contributed by atoms with E-state index in [-0.39, 0.29) is 22.0 Å². The molecule has 0 unspecified atom stereocenters. The summed E-state index contributed by atoms with van der Waals surface area (Å²) in [5.74, 6) is -0.475. The maximum atomic E-state index is 13.2. The van der Waals surface area contributed by atoms with E-state index in [1.165, 1.54) is 23.5 Å². The number of rotatable bonds is 13. The minimum atomic E-state index is -3.32. The number of sulfone groups is 1. The van der Waals surface area contributed by atoms with Gasteiger partial charge in [-0.3, -0.25) is 10.1 Å². The van der Waals surface area contributed by atoms with Crippen molar-refractivity contribution in [1.29, 1.82) is 0 Å². The van der Waals surface area contributed by atoms with E-state index in [9.17, 15) is 13.2 Å². The zero-order chi connectivity index (χ0) is 26.4. The average Bonchev–Trinajstić information content (AvgIpc) is 3.44. The van der Waals surface area contributed by atoms with Crippen molar-refractivity contribution in [3.05, 3.63) is 40.9 Å². The molecule has 1 N–H and O–H groups in total. The molecule has 202 valence electrons. The van der Waals surface area contributed by atoms with Gasteiger partial charge in [0.1, 0.15) is 0 Å². The Morgan fingerprint density at radius 1 is 1.19 bits per heavy atom. The van der Waals surface area contributed by atoms with Gasteiger partial charge in [-0.1, -0.05) is 17.3 Å². The van der Waals surface area contributed by atoms with Gasteiger partial charge in [-0.25, -0.2) is 13.4 Å². The maximum absolute atomic E-state index is 13.2. The Hall–Kier alpha value is -2.38. The third-order valence-electron chi connectivity index (χ3n) is 6.16. The van der Waals surface area contributed by atoms with Crippen LogP contribution in [-0.2, 0) is 30.8 Å². The molecular weight excluding hydrogens is 514 g/mol. The van der Waals surface area contributed by atoms with Gasteiger partial charge in [-0.05, 0) is 65.6 Å². The van der Waals surface area contributed by atoms with E-state index < -0.39 is 15.7 Å². The number of nitrogens with zero attached hydrogens (tertiary/aromatic N) is 4. The van der Waals surface area contributed by atoms with Gasteiger partial charge in [-0.2, -0.15) is 0 Å². The van der Waals surface area contributed by atoms with E-state index in [4.69, 9.17) is 9.57 Å². The van der Waals surface area contributed by atoms with Crippen LogP contribution >= 0.6 is 11.3 Å². The molecule has 0 radical (unpaired) electrons. The molecule has 2 aromatic rings. The minimum Gasteiger partial charge on any atom is -0.389 e. The molecule has 1 amide bonds. The summed E-state index contributed by atoms with van der Waals surface area (Å²) in [5.41, 5.74) is 0.517. The van der Waals surface area contributed by atoms with Crippen LogP contribution in [0.15, 0.2) is 40.5 Å². The van der Waals surface area contributed by atoms with Crippen LogP contribution in [0.4, 0.5) is 5.13 Å². The average molecular weight is 550 g/mol. The van der Waals surface area contributed by atoms with E-state index in [1.54, 1.807) is 18.3 Å². The Bertz CT molecular complexity index is 1190. The lowest BCUT2D eigenvalue weighted by Gasteiger charge is -2.16. The molecule has 37 heavy (non-hydrogen) atoms. The number of carbonyl (C=O) groups is 1. The Labute approximate surface area is 222 Å². The Balaban J connectivity index is 1.44. The normalized spacial score (nSPS) is 18.5. The molecule has 10 nitrogen and oxygen atoms in total. The van der Waals surface area contributed by atoms with Gasteiger partial charge in [0, 0.05) is 29.6 Å². The van der Waals surface area contributed by atoms with E-state index >= 15 is 0 Å². The number of hydrogen-bond acceptors (Lipinski definition) is 10.